The normalized spacial score (nSPS) is 11.0. The van der Waals surface area contributed by atoms with Crippen LogP contribution in [0.25, 0.3) is 11.0 Å². The maximum Gasteiger partial charge on any atom is 0.418 e. The molecule has 0 saturated heterocycles. The van der Waals surface area contributed by atoms with E-state index in [1.165, 1.54) is 0 Å². The van der Waals surface area contributed by atoms with Gasteiger partial charge in [-0.3, -0.25) is 0 Å². The maximum atomic E-state index is 10.7. The molecule has 0 aromatic carbocycles. The Kier molecular flexibility index (Phi) is 2.64. The Morgan fingerprint density at radius 1 is 0.944 bits per heavy atom. The summed E-state index contributed by atoms with van der Waals surface area (Å²) in [6.45, 7) is -1.58. The highest BCUT2D eigenvalue weighted by Crippen LogP contribution is 2.31. The van der Waals surface area contributed by atoms with Crippen LogP contribution in [-0.4, -0.2) is 39.6 Å². The van der Waals surface area contributed by atoms with Crippen molar-refractivity contribution in [3.8, 4) is 0 Å². The number of hydrogen-bond donors (Lipinski definition) is 2. The van der Waals surface area contributed by atoms with Crippen LogP contribution in [0.5, 0.6) is 0 Å². The minimum atomic E-state index is -0.883. The van der Waals surface area contributed by atoms with Crippen LogP contribution >= 0.6 is 0 Å². The van der Waals surface area contributed by atoms with Crippen LogP contribution in [0.4, 0.5) is 11.6 Å². The molecule has 2 heterocycles. The van der Waals surface area contributed by atoms with Gasteiger partial charge in [-0.05, 0) is 9.85 Å². The highest BCUT2D eigenvalue weighted by Gasteiger charge is 2.35. The summed E-state index contributed by atoms with van der Waals surface area (Å²) in [5.74, 6) is -1.46. The maximum absolute atomic E-state index is 10.7. The molecule has 12 heteroatoms. The second-order valence-corrected chi connectivity index (χ2v) is 3.14. The molecule has 2 aromatic rings. The summed E-state index contributed by atoms with van der Waals surface area (Å²) in [5, 5.41) is 46.3. The van der Waals surface area contributed by atoms with Crippen molar-refractivity contribution >= 4 is 22.7 Å². The van der Waals surface area contributed by atoms with Crippen LogP contribution in [0.2, 0.25) is 0 Å². The molecule has 0 spiro atoms. The first-order chi connectivity index (χ1) is 8.51. The smallest absolute Gasteiger partial charge is 0.372 e. The molecule has 0 fully saturated rings. The van der Waals surface area contributed by atoms with Crippen molar-refractivity contribution in [2.24, 2.45) is 0 Å². The van der Waals surface area contributed by atoms with E-state index in [9.17, 15) is 20.2 Å². The Morgan fingerprint density at radius 3 is 1.50 bits per heavy atom. The zero-order valence-electron chi connectivity index (χ0n) is 8.62. The van der Waals surface area contributed by atoms with E-state index < -0.39 is 34.9 Å². The van der Waals surface area contributed by atoms with Crippen LogP contribution in [0.1, 0.15) is 0 Å². The molecule has 0 unspecified atom stereocenters. The van der Waals surface area contributed by atoms with Gasteiger partial charge in [0.2, 0.25) is 11.0 Å². The van der Waals surface area contributed by atoms with Crippen molar-refractivity contribution in [3.05, 3.63) is 20.2 Å². The number of hydrogen-bond acceptors (Lipinski definition) is 8. The molecule has 0 aliphatic heterocycles. The van der Waals surface area contributed by atoms with Gasteiger partial charge in [0.15, 0.2) is 13.5 Å². The Hall–Kier alpha value is -2.60. The average molecular weight is 258 g/mol. The molecule has 2 aromatic heterocycles. The van der Waals surface area contributed by atoms with Crippen LogP contribution in [0.3, 0.4) is 0 Å². The fourth-order valence-corrected chi connectivity index (χ4v) is 1.56. The van der Waals surface area contributed by atoms with Crippen LogP contribution < -0.4 is 0 Å². The van der Waals surface area contributed by atoms with Crippen molar-refractivity contribution in [2.45, 2.75) is 13.5 Å². The lowest BCUT2D eigenvalue weighted by atomic mass is 10.4. The summed E-state index contributed by atoms with van der Waals surface area (Å²) in [7, 11) is 0. The molecule has 2 N–H and O–H groups in total. The van der Waals surface area contributed by atoms with Gasteiger partial charge in [0.25, 0.3) is 0 Å². The zero-order chi connectivity index (χ0) is 13.4. The Bertz CT molecular complexity index is 587. The molecule has 0 radical (unpaired) electrons. The molecule has 0 aliphatic carbocycles. The quantitative estimate of drug-likeness (QED) is 0.518. The number of rotatable bonds is 4. The molecule has 0 saturated carbocycles. The predicted molar refractivity (Wildman–Crippen MR) is 53.3 cm³/mol. The van der Waals surface area contributed by atoms with Crippen molar-refractivity contribution in [1.82, 2.24) is 19.6 Å². The molecule has 2 rings (SSSR count). The Labute approximate surface area is 97.0 Å². The summed E-state index contributed by atoms with van der Waals surface area (Å²) in [5.41, 5.74) is -0.633. The summed E-state index contributed by atoms with van der Waals surface area (Å²) in [4.78, 5) is 19.7. The highest BCUT2D eigenvalue weighted by molar-refractivity contribution is 5.89. The molecule has 18 heavy (non-hydrogen) atoms. The summed E-state index contributed by atoms with van der Waals surface area (Å²) in [6.07, 6.45) is 0. The lowest BCUT2D eigenvalue weighted by Crippen LogP contribution is -2.04. The van der Waals surface area contributed by atoms with Crippen LogP contribution in [0.15, 0.2) is 0 Å². The summed E-state index contributed by atoms with van der Waals surface area (Å²) in [6, 6.07) is 0. The highest BCUT2D eigenvalue weighted by atomic mass is 16.6. The first-order valence-corrected chi connectivity index (χ1v) is 4.49. The van der Waals surface area contributed by atoms with E-state index in [0.29, 0.717) is 9.36 Å². The third-order valence-corrected chi connectivity index (χ3v) is 2.21. The molecule has 0 atom stereocenters. The average Bonchev–Trinajstić information content (AvgIpc) is 2.85. The molecule has 12 nitrogen and oxygen atoms in total. The van der Waals surface area contributed by atoms with Crippen LogP contribution in [-0.2, 0) is 13.5 Å². The van der Waals surface area contributed by atoms with E-state index in [1.807, 2.05) is 0 Å². The van der Waals surface area contributed by atoms with Gasteiger partial charge in [-0.1, -0.05) is 0 Å². The number of aromatic nitrogens is 4. The second kappa shape index (κ2) is 4.01. The SMILES string of the molecule is O=[N+]([O-])c1nn(CO)c2c([N+](=O)[O-])nn(CO)c12. The van der Waals surface area contributed by atoms with E-state index >= 15 is 0 Å². The second-order valence-electron chi connectivity index (χ2n) is 3.14. The lowest BCUT2D eigenvalue weighted by molar-refractivity contribution is -0.389. The first-order valence-electron chi connectivity index (χ1n) is 4.49. The van der Waals surface area contributed by atoms with Crippen molar-refractivity contribution in [3.63, 3.8) is 0 Å². The Morgan fingerprint density at radius 2 is 1.28 bits per heavy atom. The van der Waals surface area contributed by atoms with E-state index in [0.717, 1.165) is 0 Å². The number of fused-ring (bicyclic) bond motifs is 1. The zero-order valence-corrected chi connectivity index (χ0v) is 8.62. The largest absolute Gasteiger partial charge is 0.418 e. The third kappa shape index (κ3) is 1.47. The van der Waals surface area contributed by atoms with E-state index in [1.54, 1.807) is 0 Å². The number of aliphatic hydroxyl groups is 2. The molecule has 0 aliphatic rings. The molecular formula is C6H6N6O6. The van der Waals surface area contributed by atoms with Gasteiger partial charge in [-0.2, -0.15) is 0 Å². The lowest BCUT2D eigenvalue weighted by Gasteiger charge is -1.90. The number of nitro groups is 2. The fraction of sp³-hybridized carbons (Fsp3) is 0.333. The van der Waals surface area contributed by atoms with Gasteiger partial charge >= 0.3 is 11.6 Å². The minimum absolute atomic E-state index is 0.316. The topological polar surface area (TPSA) is 162 Å². The fourth-order valence-electron chi connectivity index (χ4n) is 1.56. The summed E-state index contributed by atoms with van der Waals surface area (Å²) >= 11 is 0. The van der Waals surface area contributed by atoms with E-state index in [-0.39, 0.29) is 11.0 Å². The minimum Gasteiger partial charge on any atom is -0.372 e. The van der Waals surface area contributed by atoms with Gasteiger partial charge in [0.05, 0.1) is 10.2 Å². The number of aliphatic hydroxyl groups excluding tert-OH is 2. The van der Waals surface area contributed by atoms with E-state index in [2.05, 4.69) is 10.2 Å². The van der Waals surface area contributed by atoms with E-state index in [4.69, 9.17) is 10.2 Å². The molecule has 0 bridgehead atoms. The van der Waals surface area contributed by atoms with Crippen molar-refractivity contribution in [1.29, 1.82) is 0 Å². The van der Waals surface area contributed by atoms with Gasteiger partial charge in [-0.25, -0.2) is 0 Å². The summed E-state index contributed by atoms with van der Waals surface area (Å²) < 4.78 is 1.34. The van der Waals surface area contributed by atoms with Gasteiger partial charge in [0.1, 0.15) is 0 Å². The predicted octanol–water partition coefficient (Wildman–Crippen LogP) is -1.05. The molecule has 0 amide bonds. The van der Waals surface area contributed by atoms with Crippen molar-refractivity contribution in [2.75, 3.05) is 0 Å². The number of nitrogens with zero attached hydrogens (tertiary/aromatic N) is 6. The Balaban J connectivity index is 2.91. The molecular weight excluding hydrogens is 252 g/mol. The van der Waals surface area contributed by atoms with Gasteiger partial charge in [-0.15, -0.1) is 9.36 Å². The van der Waals surface area contributed by atoms with Gasteiger partial charge < -0.3 is 30.4 Å². The first kappa shape index (κ1) is 11.9. The van der Waals surface area contributed by atoms with Crippen molar-refractivity contribution < 1.29 is 20.1 Å². The standard InChI is InChI=1S/C6H6N6O6/c13-1-9-3-4(6(7-9)12(17)18)10(2-14)8-5(3)11(15)16/h13-14H,1-2H2. The molecule has 96 valence electrons. The third-order valence-electron chi connectivity index (χ3n) is 2.21. The van der Waals surface area contributed by atoms with Crippen LogP contribution in [0, 0.1) is 20.2 Å². The monoisotopic (exact) mass is 258 g/mol. The van der Waals surface area contributed by atoms with Gasteiger partial charge in [0, 0.05) is 0 Å².